The fourth-order valence-corrected chi connectivity index (χ4v) is 4.00. The van der Waals surface area contributed by atoms with Gasteiger partial charge in [-0.15, -0.1) is 22.0 Å². The van der Waals surface area contributed by atoms with E-state index in [1.807, 2.05) is 52.7 Å². The van der Waals surface area contributed by atoms with E-state index in [2.05, 4.69) is 39.6 Å². The number of thioether (sulfide) groups is 1. The third-order valence-corrected chi connectivity index (χ3v) is 5.42. The van der Waals surface area contributed by atoms with Gasteiger partial charge in [0.1, 0.15) is 12.4 Å². The lowest BCUT2D eigenvalue weighted by Gasteiger charge is -2.02. The minimum Gasteiger partial charge on any atom is -0.486 e. The van der Waals surface area contributed by atoms with Crippen LogP contribution in [0.3, 0.4) is 0 Å². The number of hydrogen-bond acceptors (Lipinski definition) is 6. The highest BCUT2D eigenvalue weighted by atomic mass is 32.2. The molecule has 0 fully saturated rings. The largest absolute Gasteiger partial charge is 0.486 e. The van der Waals surface area contributed by atoms with Gasteiger partial charge in [0, 0.05) is 5.75 Å². The molecule has 0 radical (unpaired) electrons. The lowest BCUT2D eigenvalue weighted by Crippen LogP contribution is -1.98. The van der Waals surface area contributed by atoms with E-state index in [1.54, 1.807) is 0 Å². The van der Waals surface area contributed by atoms with Gasteiger partial charge in [0.2, 0.25) is 4.96 Å². The van der Waals surface area contributed by atoms with Crippen molar-refractivity contribution in [2.24, 2.45) is 0 Å². The van der Waals surface area contributed by atoms with Crippen molar-refractivity contribution >= 4 is 28.1 Å². The van der Waals surface area contributed by atoms with Crippen LogP contribution < -0.4 is 4.74 Å². The summed E-state index contributed by atoms with van der Waals surface area (Å²) in [5.41, 5.74) is 1.31. The molecule has 2 aromatic heterocycles. The minimum absolute atomic E-state index is 0.439. The molecule has 0 amide bonds. The van der Waals surface area contributed by atoms with E-state index >= 15 is 0 Å². The molecule has 0 bridgehead atoms. The third-order valence-electron chi connectivity index (χ3n) is 3.55. The van der Waals surface area contributed by atoms with E-state index < -0.39 is 0 Å². The second-order valence-electron chi connectivity index (χ2n) is 5.39. The molecule has 0 aliphatic heterocycles. The summed E-state index contributed by atoms with van der Waals surface area (Å²) in [5, 5.41) is 13.9. The van der Waals surface area contributed by atoms with Crippen LogP contribution in [0.15, 0.2) is 60.7 Å². The third kappa shape index (κ3) is 4.00. The second kappa shape index (κ2) is 7.67. The van der Waals surface area contributed by atoms with Crippen molar-refractivity contribution in [3.05, 3.63) is 77.1 Å². The summed E-state index contributed by atoms with van der Waals surface area (Å²) in [6.07, 6.45) is 0. The summed E-state index contributed by atoms with van der Waals surface area (Å²) < 4.78 is 7.58. The fraction of sp³-hybridized carbons (Fsp3) is 0.167. The topological polar surface area (TPSA) is 52.3 Å². The molecule has 0 N–H and O–H groups in total. The molecule has 4 aromatic rings. The van der Waals surface area contributed by atoms with E-state index in [1.165, 1.54) is 16.9 Å². The average Bonchev–Trinajstić information content (AvgIpc) is 3.23. The molecule has 0 atom stereocenters. The van der Waals surface area contributed by atoms with Crippen molar-refractivity contribution < 1.29 is 4.74 Å². The Labute approximate surface area is 153 Å². The first kappa shape index (κ1) is 16.1. The zero-order chi connectivity index (χ0) is 16.9. The number of fused-ring (bicyclic) bond motifs is 1. The van der Waals surface area contributed by atoms with Gasteiger partial charge in [-0.2, -0.15) is 9.61 Å². The van der Waals surface area contributed by atoms with Gasteiger partial charge in [-0.1, -0.05) is 59.9 Å². The fourth-order valence-electron chi connectivity index (χ4n) is 2.34. The van der Waals surface area contributed by atoms with Crippen molar-refractivity contribution in [1.29, 1.82) is 0 Å². The van der Waals surface area contributed by atoms with Gasteiger partial charge in [0.05, 0.1) is 5.75 Å². The normalized spacial score (nSPS) is 11.0. The number of benzene rings is 2. The molecule has 0 aliphatic rings. The van der Waals surface area contributed by atoms with E-state index in [9.17, 15) is 0 Å². The Morgan fingerprint density at radius 1 is 0.920 bits per heavy atom. The predicted octanol–water partition coefficient (Wildman–Crippen LogP) is 4.20. The number of ether oxygens (including phenoxy) is 1. The first-order chi connectivity index (χ1) is 12.4. The summed E-state index contributed by atoms with van der Waals surface area (Å²) in [4.78, 5) is 0.807. The van der Waals surface area contributed by atoms with Gasteiger partial charge in [0.25, 0.3) is 0 Å². The maximum atomic E-state index is 5.75. The molecule has 0 spiro atoms. The monoisotopic (exact) mass is 368 g/mol. The van der Waals surface area contributed by atoms with Gasteiger partial charge in [-0.25, -0.2) is 0 Å². The van der Waals surface area contributed by atoms with Crippen LogP contribution in [0.4, 0.5) is 0 Å². The number of para-hydroxylation sites is 1. The number of nitrogens with zero attached hydrogens (tertiary/aromatic N) is 4. The molecule has 0 saturated heterocycles. The van der Waals surface area contributed by atoms with Crippen molar-refractivity contribution in [3.8, 4) is 5.75 Å². The average molecular weight is 368 g/mol. The maximum absolute atomic E-state index is 5.75. The van der Waals surface area contributed by atoms with Crippen molar-refractivity contribution in [2.75, 3.05) is 0 Å². The van der Waals surface area contributed by atoms with E-state index in [4.69, 9.17) is 4.74 Å². The van der Waals surface area contributed by atoms with Crippen molar-refractivity contribution in [3.63, 3.8) is 0 Å². The molecule has 2 aromatic carbocycles. The Kier molecular flexibility index (Phi) is 4.94. The second-order valence-corrected chi connectivity index (χ2v) is 7.41. The van der Waals surface area contributed by atoms with E-state index in [0.717, 1.165) is 33.0 Å². The molecule has 5 nitrogen and oxygen atoms in total. The lowest BCUT2D eigenvalue weighted by atomic mass is 10.2. The molecule has 0 unspecified atom stereocenters. The van der Waals surface area contributed by atoms with E-state index in [-0.39, 0.29) is 0 Å². The molecule has 25 heavy (non-hydrogen) atoms. The van der Waals surface area contributed by atoms with E-state index in [0.29, 0.717) is 6.61 Å². The van der Waals surface area contributed by atoms with Gasteiger partial charge in [-0.3, -0.25) is 0 Å². The van der Waals surface area contributed by atoms with Gasteiger partial charge >= 0.3 is 0 Å². The molecule has 2 heterocycles. The quantitative estimate of drug-likeness (QED) is 0.489. The summed E-state index contributed by atoms with van der Waals surface area (Å²) in [6, 6.07) is 20.2. The smallest absolute Gasteiger partial charge is 0.234 e. The Hall–Kier alpha value is -2.38. The van der Waals surface area contributed by atoms with Gasteiger partial charge in [0.15, 0.2) is 10.8 Å². The van der Waals surface area contributed by atoms with Gasteiger partial charge in [-0.05, 0) is 17.7 Å². The Balaban J connectivity index is 1.38. The number of rotatable bonds is 7. The van der Waals surface area contributed by atoms with Crippen LogP contribution >= 0.6 is 23.1 Å². The van der Waals surface area contributed by atoms with Crippen LogP contribution in [-0.4, -0.2) is 19.8 Å². The number of hydrogen-bond donors (Lipinski definition) is 0. The van der Waals surface area contributed by atoms with Crippen molar-refractivity contribution in [2.45, 2.75) is 18.1 Å². The van der Waals surface area contributed by atoms with Crippen LogP contribution in [0.5, 0.6) is 5.75 Å². The highest BCUT2D eigenvalue weighted by molar-refractivity contribution is 7.97. The summed E-state index contributed by atoms with van der Waals surface area (Å²) in [5.74, 6) is 3.44. The van der Waals surface area contributed by atoms with Crippen LogP contribution in [0.2, 0.25) is 0 Å². The SMILES string of the molecule is c1ccc(CSCc2nnc3sc(COc4ccccc4)nn23)cc1. The zero-order valence-electron chi connectivity index (χ0n) is 13.4. The Bertz CT molecular complexity index is 938. The highest BCUT2D eigenvalue weighted by Gasteiger charge is 2.12. The summed E-state index contributed by atoms with van der Waals surface area (Å²) in [7, 11) is 0. The highest BCUT2D eigenvalue weighted by Crippen LogP contribution is 2.21. The van der Waals surface area contributed by atoms with Crippen LogP contribution in [0.25, 0.3) is 4.96 Å². The molecular weight excluding hydrogens is 352 g/mol. The first-order valence-electron chi connectivity index (χ1n) is 7.88. The summed E-state index contributed by atoms with van der Waals surface area (Å²) >= 11 is 3.32. The van der Waals surface area contributed by atoms with Crippen LogP contribution in [0, 0.1) is 0 Å². The van der Waals surface area contributed by atoms with Crippen LogP contribution in [-0.2, 0) is 18.1 Å². The zero-order valence-corrected chi connectivity index (χ0v) is 15.0. The molecule has 126 valence electrons. The summed E-state index contributed by atoms with van der Waals surface area (Å²) in [6.45, 7) is 0.439. The molecule has 0 saturated carbocycles. The maximum Gasteiger partial charge on any atom is 0.234 e. The van der Waals surface area contributed by atoms with Gasteiger partial charge < -0.3 is 4.74 Å². The Morgan fingerprint density at radius 2 is 1.68 bits per heavy atom. The first-order valence-corrected chi connectivity index (χ1v) is 9.85. The molecule has 0 aliphatic carbocycles. The molecular formula is C18H16N4OS2. The predicted molar refractivity (Wildman–Crippen MR) is 101 cm³/mol. The molecule has 4 rings (SSSR count). The standard InChI is InChI=1S/C18H16N4OS2/c1-3-7-14(8-4-1)12-24-13-16-19-20-18-22(16)21-17(25-18)11-23-15-9-5-2-6-10-15/h1-10H,11-13H2. The minimum atomic E-state index is 0.439. The van der Waals surface area contributed by atoms with Crippen molar-refractivity contribution in [1.82, 2.24) is 19.8 Å². The number of aromatic nitrogens is 4. The Morgan fingerprint density at radius 3 is 2.48 bits per heavy atom. The lowest BCUT2D eigenvalue weighted by molar-refractivity contribution is 0.304. The molecule has 7 heteroatoms. The van der Waals surface area contributed by atoms with Crippen LogP contribution in [0.1, 0.15) is 16.4 Å².